The molecule has 1 aliphatic heterocycles. The summed E-state index contributed by atoms with van der Waals surface area (Å²) in [6.45, 7) is 1.90. The molecular formula is C23H22ClN7. The molecule has 0 radical (unpaired) electrons. The second kappa shape index (κ2) is 8.37. The Morgan fingerprint density at radius 3 is 2.77 bits per heavy atom. The fraction of sp³-hybridized carbons (Fsp3) is 0.174. The van der Waals surface area contributed by atoms with E-state index in [1.165, 1.54) is 11.1 Å². The minimum atomic E-state index is 0.483. The van der Waals surface area contributed by atoms with Crippen molar-refractivity contribution in [2.45, 2.75) is 13.0 Å². The predicted octanol–water partition coefficient (Wildman–Crippen LogP) is 4.66. The highest BCUT2D eigenvalue weighted by Crippen LogP contribution is 2.30. The van der Waals surface area contributed by atoms with Gasteiger partial charge in [0.25, 0.3) is 0 Å². The minimum Gasteiger partial charge on any atom is -0.340 e. The lowest BCUT2D eigenvalue weighted by Crippen LogP contribution is -2.23. The Labute approximate surface area is 185 Å². The van der Waals surface area contributed by atoms with Crippen molar-refractivity contribution in [3.8, 4) is 11.1 Å². The Bertz CT molecular complexity index is 1230. The number of hydrogen-bond donors (Lipinski definition) is 3. The normalized spacial score (nSPS) is 13.0. The summed E-state index contributed by atoms with van der Waals surface area (Å²) in [5.74, 6) is 1.19. The van der Waals surface area contributed by atoms with Crippen LogP contribution in [0.4, 0.5) is 23.1 Å². The minimum absolute atomic E-state index is 0.483. The van der Waals surface area contributed by atoms with Gasteiger partial charge in [-0.15, -0.1) is 0 Å². The average molecular weight is 432 g/mol. The van der Waals surface area contributed by atoms with Crippen molar-refractivity contribution in [2.24, 2.45) is 7.05 Å². The maximum absolute atomic E-state index is 6.11. The molecule has 0 amide bonds. The number of hydrogen-bond acceptors (Lipinski definition) is 6. The van der Waals surface area contributed by atoms with Gasteiger partial charge in [0.15, 0.2) is 0 Å². The van der Waals surface area contributed by atoms with E-state index in [0.29, 0.717) is 16.8 Å². The zero-order valence-electron chi connectivity index (χ0n) is 17.1. The number of nitrogens with zero attached hydrogens (tertiary/aromatic N) is 4. The van der Waals surface area contributed by atoms with Gasteiger partial charge in [0, 0.05) is 53.5 Å². The molecule has 4 aromatic rings. The first kappa shape index (κ1) is 19.5. The van der Waals surface area contributed by atoms with E-state index in [1.807, 2.05) is 43.7 Å². The predicted molar refractivity (Wildman–Crippen MR) is 124 cm³/mol. The number of anilines is 4. The monoisotopic (exact) mass is 431 g/mol. The molecule has 0 bridgehead atoms. The topological polar surface area (TPSA) is 79.7 Å². The van der Waals surface area contributed by atoms with Crippen LogP contribution in [0.2, 0.25) is 5.02 Å². The molecule has 31 heavy (non-hydrogen) atoms. The Kier molecular flexibility index (Phi) is 5.28. The van der Waals surface area contributed by atoms with Gasteiger partial charge in [-0.3, -0.25) is 4.68 Å². The highest BCUT2D eigenvalue weighted by atomic mass is 35.5. The molecule has 1 aliphatic rings. The van der Waals surface area contributed by atoms with E-state index in [0.717, 1.165) is 42.0 Å². The summed E-state index contributed by atoms with van der Waals surface area (Å²) in [4.78, 5) is 9.27. The van der Waals surface area contributed by atoms with Gasteiger partial charge in [-0.1, -0.05) is 23.7 Å². The molecule has 3 N–H and O–H groups in total. The molecule has 0 atom stereocenters. The van der Waals surface area contributed by atoms with Gasteiger partial charge in [0.05, 0.1) is 6.20 Å². The molecule has 2 aromatic heterocycles. The lowest BCUT2D eigenvalue weighted by atomic mass is 10.0. The maximum Gasteiger partial charge on any atom is 0.229 e. The van der Waals surface area contributed by atoms with Gasteiger partial charge in [-0.25, -0.2) is 4.98 Å². The van der Waals surface area contributed by atoms with Crippen LogP contribution >= 0.6 is 11.6 Å². The standard InChI is InChI=1S/C23H22ClN7/c1-31-14-17(12-27-31)21-13-26-23(29-19-4-2-3-18(24)10-19)30-22(21)28-20-6-5-15-7-8-25-11-16(15)9-20/h2-6,9-10,12-14,25H,7-8,11H2,1H3,(H2,26,28,29,30). The number of fused-ring (bicyclic) bond motifs is 1. The molecule has 0 saturated heterocycles. The summed E-state index contributed by atoms with van der Waals surface area (Å²) >= 11 is 6.11. The van der Waals surface area contributed by atoms with Crippen molar-refractivity contribution in [1.29, 1.82) is 0 Å². The number of rotatable bonds is 5. The first-order valence-corrected chi connectivity index (χ1v) is 10.5. The van der Waals surface area contributed by atoms with E-state index < -0.39 is 0 Å². The van der Waals surface area contributed by atoms with Crippen LogP contribution < -0.4 is 16.0 Å². The molecule has 0 fully saturated rings. The summed E-state index contributed by atoms with van der Waals surface area (Å²) in [6.07, 6.45) is 6.62. The third-order valence-corrected chi connectivity index (χ3v) is 5.48. The van der Waals surface area contributed by atoms with E-state index in [1.54, 1.807) is 10.9 Å². The molecule has 7 nitrogen and oxygen atoms in total. The quantitative estimate of drug-likeness (QED) is 0.426. The third kappa shape index (κ3) is 4.38. The zero-order valence-corrected chi connectivity index (χ0v) is 17.8. The summed E-state index contributed by atoms with van der Waals surface area (Å²) in [5, 5.41) is 15.1. The molecule has 5 rings (SSSR count). The lowest BCUT2D eigenvalue weighted by Gasteiger charge is -2.19. The molecule has 0 unspecified atom stereocenters. The van der Waals surface area contributed by atoms with Crippen LogP contribution in [0.25, 0.3) is 11.1 Å². The Balaban J connectivity index is 1.50. The van der Waals surface area contributed by atoms with E-state index in [2.05, 4.69) is 44.2 Å². The van der Waals surface area contributed by atoms with Crippen LogP contribution in [-0.2, 0) is 20.0 Å². The second-order valence-electron chi connectivity index (χ2n) is 7.53. The zero-order chi connectivity index (χ0) is 21.2. The van der Waals surface area contributed by atoms with Crippen LogP contribution in [0.15, 0.2) is 61.1 Å². The fourth-order valence-corrected chi connectivity index (χ4v) is 3.89. The molecule has 0 spiro atoms. The fourth-order valence-electron chi connectivity index (χ4n) is 3.70. The highest BCUT2D eigenvalue weighted by molar-refractivity contribution is 6.30. The van der Waals surface area contributed by atoms with Crippen LogP contribution in [0, 0.1) is 0 Å². The Morgan fingerprint density at radius 2 is 1.94 bits per heavy atom. The number of aromatic nitrogens is 4. The first-order valence-electron chi connectivity index (χ1n) is 10.1. The highest BCUT2D eigenvalue weighted by Gasteiger charge is 2.14. The smallest absolute Gasteiger partial charge is 0.229 e. The van der Waals surface area contributed by atoms with Gasteiger partial charge in [0.1, 0.15) is 5.82 Å². The van der Waals surface area contributed by atoms with Crippen molar-refractivity contribution in [1.82, 2.24) is 25.1 Å². The summed E-state index contributed by atoms with van der Waals surface area (Å²) in [6, 6.07) is 13.9. The SMILES string of the molecule is Cn1cc(-c2cnc(Nc3cccc(Cl)c3)nc2Nc2ccc3c(c2)CNCC3)cn1. The third-order valence-electron chi connectivity index (χ3n) is 5.24. The van der Waals surface area contributed by atoms with E-state index in [-0.39, 0.29) is 0 Å². The van der Waals surface area contributed by atoms with Gasteiger partial charge >= 0.3 is 0 Å². The van der Waals surface area contributed by atoms with Gasteiger partial charge < -0.3 is 16.0 Å². The number of aryl methyl sites for hydroxylation is 1. The Hall–Kier alpha value is -3.42. The summed E-state index contributed by atoms with van der Waals surface area (Å²) in [7, 11) is 1.89. The molecular weight excluding hydrogens is 410 g/mol. The maximum atomic E-state index is 6.11. The molecule has 2 aromatic carbocycles. The molecule has 8 heteroatoms. The molecule has 3 heterocycles. The van der Waals surface area contributed by atoms with Crippen molar-refractivity contribution < 1.29 is 0 Å². The summed E-state index contributed by atoms with van der Waals surface area (Å²) < 4.78 is 1.77. The van der Waals surface area contributed by atoms with Crippen LogP contribution in [-0.4, -0.2) is 26.3 Å². The van der Waals surface area contributed by atoms with Crippen molar-refractivity contribution in [3.63, 3.8) is 0 Å². The van der Waals surface area contributed by atoms with Crippen LogP contribution in [0.3, 0.4) is 0 Å². The molecule has 0 saturated carbocycles. The summed E-state index contributed by atoms with van der Waals surface area (Å²) in [5.41, 5.74) is 6.33. The van der Waals surface area contributed by atoms with Gasteiger partial charge in [0.2, 0.25) is 5.95 Å². The first-order chi connectivity index (χ1) is 15.1. The van der Waals surface area contributed by atoms with Gasteiger partial charge in [-0.05, 0) is 54.4 Å². The van der Waals surface area contributed by atoms with Crippen LogP contribution in [0.5, 0.6) is 0 Å². The number of benzene rings is 2. The van der Waals surface area contributed by atoms with Crippen molar-refractivity contribution in [3.05, 3.63) is 77.2 Å². The Morgan fingerprint density at radius 1 is 1.03 bits per heavy atom. The second-order valence-corrected chi connectivity index (χ2v) is 7.97. The van der Waals surface area contributed by atoms with Gasteiger partial charge in [-0.2, -0.15) is 10.1 Å². The van der Waals surface area contributed by atoms with Crippen LogP contribution in [0.1, 0.15) is 11.1 Å². The van der Waals surface area contributed by atoms with E-state index in [9.17, 15) is 0 Å². The number of nitrogens with one attached hydrogen (secondary N) is 3. The van der Waals surface area contributed by atoms with E-state index >= 15 is 0 Å². The van der Waals surface area contributed by atoms with E-state index in [4.69, 9.17) is 16.6 Å². The largest absolute Gasteiger partial charge is 0.340 e. The van der Waals surface area contributed by atoms with Crippen molar-refractivity contribution >= 4 is 34.7 Å². The average Bonchev–Trinajstić information content (AvgIpc) is 3.20. The van der Waals surface area contributed by atoms with Crippen molar-refractivity contribution in [2.75, 3.05) is 17.2 Å². The number of halogens is 1. The lowest BCUT2D eigenvalue weighted by molar-refractivity contribution is 0.644. The molecule has 0 aliphatic carbocycles. The molecule has 156 valence electrons.